The van der Waals surface area contributed by atoms with Gasteiger partial charge in [-0.15, -0.1) is 0 Å². The SMILES string of the molecule is CCC(N)(CC)C(=O)Nc1c(F)c(F)cc(F)c1F. The molecule has 0 aromatic heterocycles. The van der Waals surface area contributed by atoms with E-state index in [-0.39, 0.29) is 18.9 Å². The highest BCUT2D eigenvalue weighted by Gasteiger charge is 2.32. The summed E-state index contributed by atoms with van der Waals surface area (Å²) in [7, 11) is 0. The lowest BCUT2D eigenvalue weighted by Crippen LogP contribution is -2.50. The summed E-state index contributed by atoms with van der Waals surface area (Å²) < 4.78 is 52.7. The summed E-state index contributed by atoms with van der Waals surface area (Å²) in [5.41, 5.74) is 3.19. The van der Waals surface area contributed by atoms with Crippen LogP contribution in [0.1, 0.15) is 26.7 Å². The van der Waals surface area contributed by atoms with Crippen LogP contribution in [-0.2, 0) is 4.79 Å². The molecule has 0 aliphatic rings. The van der Waals surface area contributed by atoms with Crippen molar-refractivity contribution < 1.29 is 22.4 Å². The first-order valence-corrected chi connectivity index (χ1v) is 5.70. The minimum atomic E-state index is -1.66. The van der Waals surface area contributed by atoms with Crippen LogP contribution in [0.25, 0.3) is 0 Å². The number of hydrogen-bond acceptors (Lipinski definition) is 2. The van der Waals surface area contributed by atoms with E-state index in [2.05, 4.69) is 0 Å². The summed E-state index contributed by atoms with van der Waals surface area (Å²) in [6.45, 7) is 3.23. The maximum absolute atomic E-state index is 13.4. The smallest absolute Gasteiger partial charge is 0.244 e. The second-order valence-corrected chi connectivity index (χ2v) is 4.16. The number of benzene rings is 1. The molecule has 0 aliphatic carbocycles. The van der Waals surface area contributed by atoms with Gasteiger partial charge in [0.1, 0.15) is 5.69 Å². The highest BCUT2D eigenvalue weighted by atomic mass is 19.2. The van der Waals surface area contributed by atoms with Gasteiger partial charge in [0.25, 0.3) is 0 Å². The number of amides is 1. The van der Waals surface area contributed by atoms with Gasteiger partial charge in [-0.3, -0.25) is 4.79 Å². The molecule has 0 heterocycles. The maximum Gasteiger partial charge on any atom is 0.244 e. The van der Waals surface area contributed by atoms with E-state index < -0.39 is 40.4 Å². The summed E-state index contributed by atoms with van der Waals surface area (Å²) >= 11 is 0. The number of halogens is 4. The van der Waals surface area contributed by atoms with Crippen LogP contribution in [0.2, 0.25) is 0 Å². The monoisotopic (exact) mass is 278 g/mol. The summed E-state index contributed by atoms with van der Waals surface area (Å²) in [4.78, 5) is 11.8. The average Bonchev–Trinajstić information content (AvgIpc) is 2.40. The molecule has 0 bridgehead atoms. The van der Waals surface area contributed by atoms with Gasteiger partial charge >= 0.3 is 0 Å². The highest BCUT2D eigenvalue weighted by molar-refractivity contribution is 5.98. The zero-order valence-electron chi connectivity index (χ0n) is 10.5. The quantitative estimate of drug-likeness (QED) is 0.657. The van der Waals surface area contributed by atoms with Crippen molar-refractivity contribution in [1.82, 2.24) is 0 Å². The van der Waals surface area contributed by atoms with Crippen LogP contribution in [0.5, 0.6) is 0 Å². The van der Waals surface area contributed by atoms with Crippen molar-refractivity contribution in [2.45, 2.75) is 32.2 Å². The van der Waals surface area contributed by atoms with E-state index in [9.17, 15) is 22.4 Å². The molecule has 0 fully saturated rings. The fourth-order valence-electron chi connectivity index (χ4n) is 1.49. The minimum Gasteiger partial charge on any atom is -0.319 e. The van der Waals surface area contributed by atoms with Gasteiger partial charge in [-0.1, -0.05) is 13.8 Å². The van der Waals surface area contributed by atoms with Crippen LogP contribution in [0, 0.1) is 23.3 Å². The number of anilines is 1. The topological polar surface area (TPSA) is 55.1 Å². The van der Waals surface area contributed by atoms with E-state index >= 15 is 0 Å². The Kier molecular flexibility index (Phi) is 4.52. The molecule has 1 rings (SSSR count). The number of carbonyl (C=O) groups is 1. The van der Waals surface area contributed by atoms with Crippen molar-refractivity contribution in [3.05, 3.63) is 29.3 Å². The molecular weight excluding hydrogens is 264 g/mol. The predicted molar refractivity (Wildman–Crippen MR) is 62.4 cm³/mol. The molecule has 7 heteroatoms. The first kappa shape index (κ1) is 15.4. The van der Waals surface area contributed by atoms with Crippen LogP contribution in [0.4, 0.5) is 23.2 Å². The predicted octanol–water partition coefficient (Wildman–Crippen LogP) is 2.70. The lowest BCUT2D eigenvalue weighted by Gasteiger charge is -2.25. The van der Waals surface area contributed by atoms with Gasteiger partial charge in [0, 0.05) is 6.07 Å². The van der Waals surface area contributed by atoms with Crippen molar-refractivity contribution in [1.29, 1.82) is 0 Å². The molecule has 3 N–H and O–H groups in total. The van der Waals surface area contributed by atoms with Crippen LogP contribution in [-0.4, -0.2) is 11.4 Å². The number of rotatable bonds is 4. The van der Waals surface area contributed by atoms with Gasteiger partial charge in [-0.05, 0) is 12.8 Å². The third-order valence-corrected chi connectivity index (χ3v) is 3.06. The summed E-state index contributed by atoms with van der Waals surface area (Å²) in [6.07, 6.45) is 0.409. The Morgan fingerprint density at radius 2 is 1.58 bits per heavy atom. The molecular formula is C12H14F4N2O. The second-order valence-electron chi connectivity index (χ2n) is 4.16. The van der Waals surface area contributed by atoms with E-state index in [0.717, 1.165) is 0 Å². The van der Waals surface area contributed by atoms with Gasteiger partial charge in [0.15, 0.2) is 23.3 Å². The molecule has 1 amide bonds. The third-order valence-electron chi connectivity index (χ3n) is 3.06. The molecule has 0 radical (unpaired) electrons. The number of nitrogens with one attached hydrogen (secondary N) is 1. The Morgan fingerprint density at radius 3 is 1.95 bits per heavy atom. The first-order valence-electron chi connectivity index (χ1n) is 5.70. The number of carbonyl (C=O) groups excluding carboxylic acids is 1. The van der Waals surface area contributed by atoms with Gasteiger partial charge in [0.05, 0.1) is 5.54 Å². The second kappa shape index (κ2) is 5.56. The third kappa shape index (κ3) is 2.86. The number of nitrogens with two attached hydrogens (primary N) is 1. The zero-order valence-corrected chi connectivity index (χ0v) is 10.5. The zero-order chi connectivity index (χ0) is 14.8. The van der Waals surface area contributed by atoms with Crippen LogP contribution >= 0.6 is 0 Å². The van der Waals surface area contributed by atoms with Crippen LogP contribution in [0.15, 0.2) is 6.07 Å². The molecule has 3 nitrogen and oxygen atoms in total. The van der Waals surface area contributed by atoms with Gasteiger partial charge < -0.3 is 11.1 Å². The van der Waals surface area contributed by atoms with Gasteiger partial charge in [-0.25, -0.2) is 17.6 Å². The molecule has 1 aromatic carbocycles. The van der Waals surface area contributed by atoms with Gasteiger partial charge in [-0.2, -0.15) is 0 Å². The summed E-state index contributed by atoms with van der Waals surface area (Å²) in [5.74, 6) is -7.42. The first-order chi connectivity index (χ1) is 8.76. The van der Waals surface area contributed by atoms with E-state index in [4.69, 9.17) is 5.73 Å². The van der Waals surface area contributed by atoms with Crippen molar-refractivity contribution in [2.24, 2.45) is 5.73 Å². The Balaban J connectivity index is 3.17. The molecule has 0 spiro atoms. The largest absolute Gasteiger partial charge is 0.319 e. The molecule has 106 valence electrons. The summed E-state index contributed by atoms with van der Waals surface area (Å²) in [5, 5.41) is 1.81. The van der Waals surface area contributed by atoms with E-state index in [1.807, 2.05) is 5.32 Å². The minimum absolute atomic E-state index is 0.0651. The standard InChI is InChI=1S/C12H14F4N2O/c1-3-12(17,4-2)11(19)18-10-8(15)6(13)5-7(14)9(10)16/h5H,3-4,17H2,1-2H3,(H,18,19). The lowest BCUT2D eigenvalue weighted by molar-refractivity contribution is -0.121. The summed E-state index contributed by atoms with van der Waals surface area (Å²) in [6, 6.07) is 0.0651. The molecule has 0 unspecified atom stereocenters. The normalized spacial score (nSPS) is 11.5. The van der Waals surface area contributed by atoms with Crippen molar-refractivity contribution in [3.8, 4) is 0 Å². The van der Waals surface area contributed by atoms with Crippen LogP contribution < -0.4 is 11.1 Å². The Bertz CT molecular complexity index is 475. The molecule has 1 aromatic rings. The maximum atomic E-state index is 13.4. The molecule has 0 saturated heterocycles. The Labute approximate surface area is 107 Å². The fourth-order valence-corrected chi connectivity index (χ4v) is 1.49. The van der Waals surface area contributed by atoms with E-state index in [1.54, 1.807) is 13.8 Å². The number of hydrogen-bond donors (Lipinski definition) is 2. The molecule has 0 saturated carbocycles. The highest BCUT2D eigenvalue weighted by Crippen LogP contribution is 2.25. The fraction of sp³-hybridized carbons (Fsp3) is 0.417. The molecule has 0 atom stereocenters. The Morgan fingerprint density at radius 1 is 1.16 bits per heavy atom. The van der Waals surface area contributed by atoms with E-state index in [0.29, 0.717) is 0 Å². The van der Waals surface area contributed by atoms with Gasteiger partial charge in [0.2, 0.25) is 5.91 Å². The average molecular weight is 278 g/mol. The Hall–Kier alpha value is -1.63. The van der Waals surface area contributed by atoms with Crippen molar-refractivity contribution >= 4 is 11.6 Å². The van der Waals surface area contributed by atoms with Crippen LogP contribution in [0.3, 0.4) is 0 Å². The van der Waals surface area contributed by atoms with Crippen molar-refractivity contribution in [3.63, 3.8) is 0 Å². The van der Waals surface area contributed by atoms with E-state index in [1.165, 1.54) is 0 Å². The van der Waals surface area contributed by atoms with Crippen molar-refractivity contribution in [2.75, 3.05) is 5.32 Å². The molecule has 19 heavy (non-hydrogen) atoms. The molecule has 0 aliphatic heterocycles. The lowest BCUT2D eigenvalue weighted by atomic mass is 9.93.